The molecule has 0 unspecified atom stereocenters. The van der Waals surface area contributed by atoms with Crippen molar-refractivity contribution in [1.82, 2.24) is 9.97 Å². The van der Waals surface area contributed by atoms with Crippen LogP contribution in [0, 0.1) is 0 Å². The molecule has 0 atom stereocenters. The molecule has 1 N–H and O–H groups in total. The molecule has 0 spiro atoms. The minimum Gasteiger partial charge on any atom is -0.495 e. The number of sulfone groups is 1. The van der Waals surface area contributed by atoms with Crippen molar-refractivity contribution < 1.29 is 13.2 Å². The molecule has 31 heavy (non-hydrogen) atoms. The Balaban J connectivity index is 1.76. The van der Waals surface area contributed by atoms with Crippen LogP contribution in [0.15, 0.2) is 69.8 Å². The van der Waals surface area contributed by atoms with E-state index in [-0.39, 0.29) is 5.03 Å². The van der Waals surface area contributed by atoms with Crippen LogP contribution in [0.5, 0.6) is 5.75 Å². The van der Waals surface area contributed by atoms with E-state index >= 15 is 0 Å². The van der Waals surface area contributed by atoms with E-state index in [1.165, 1.54) is 30.8 Å². The molecular formula is C23H25N3O3S2. The summed E-state index contributed by atoms with van der Waals surface area (Å²) < 4.78 is 29.5. The highest BCUT2D eigenvalue weighted by Crippen LogP contribution is 2.42. The van der Waals surface area contributed by atoms with Crippen LogP contribution in [0.2, 0.25) is 0 Å². The number of anilines is 1. The average Bonchev–Trinajstić information content (AvgIpc) is 3.28. The Morgan fingerprint density at radius 2 is 1.84 bits per heavy atom. The lowest BCUT2D eigenvalue weighted by Gasteiger charge is -2.21. The van der Waals surface area contributed by atoms with E-state index in [1.54, 1.807) is 13.3 Å². The van der Waals surface area contributed by atoms with Crippen LogP contribution in [0.3, 0.4) is 0 Å². The minimum absolute atomic E-state index is 0.0349. The third kappa shape index (κ3) is 5.19. The first-order valence-corrected chi connectivity index (χ1v) is 12.9. The maximum Gasteiger partial charge on any atom is 0.194 e. The number of rotatable bonds is 7. The van der Waals surface area contributed by atoms with Crippen molar-refractivity contribution in [1.29, 1.82) is 0 Å². The summed E-state index contributed by atoms with van der Waals surface area (Å²) in [5, 5.41) is 4.19. The molecule has 0 saturated heterocycles. The number of methoxy groups -OCH3 is 1. The molecule has 1 fully saturated rings. The molecule has 3 aromatic rings. The average molecular weight is 456 g/mol. The van der Waals surface area contributed by atoms with E-state index in [0.29, 0.717) is 11.1 Å². The van der Waals surface area contributed by atoms with E-state index in [0.717, 1.165) is 46.6 Å². The molecule has 0 amide bonds. The molecule has 0 aliphatic heterocycles. The van der Waals surface area contributed by atoms with Gasteiger partial charge < -0.3 is 10.1 Å². The topological polar surface area (TPSA) is 81.2 Å². The van der Waals surface area contributed by atoms with E-state index < -0.39 is 9.84 Å². The van der Waals surface area contributed by atoms with Gasteiger partial charge in [0.15, 0.2) is 14.9 Å². The van der Waals surface area contributed by atoms with Gasteiger partial charge in [-0.3, -0.25) is 4.98 Å². The zero-order chi connectivity index (χ0) is 21.8. The monoisotopic (exact) mass is 455 g/mol. The third-order valence-electron chi connectivity index (χ3n) is 5.28. The zero-order valence-corrected chi connectivity index (χ0v) is 19.2. The van der Waals surface area contributed by atoms with Gasteiger partial charge in [-0.2, -0.15) is 0 Å². The van der Waals surface area contributed by atoms with Gasteiger partial charge in [-0.25, -0.2) is 13.4 Å². The maximum absolute atomic E-state index is 11.8. The number of aromatic nitrogens is 2. The van der Waals surface area contributed by atoms with Gasteiger partial charge in [-0.15, -0.1) is 0 Å². The lowest BCUT2D eigenvalue weighted by molar-refractivity contribution is 0.415. The van der Waals surface area contributed by atoms with Crippen LogP contribution < -0.4 is 10.1 Å². The van der Waals surface area contributed by atoms with Crippen LogP contribution >= 0.6 is 11.8 Å². The molecule has 1 saturated carbocycles. The Bertz CT molecular complexity index is 1160. The lowest BCUT2D eigenvalue weighted by Crippen LogP contribution is -2.16. The summed E-state index contributed by atoms with van der Waals surface area (Å²) in [4.78, 5) is 9.21. The smallest absolute Gasteiger partial charge is 0.194 e. The second kappa shape index (κ2) is 9.28. The van der Waals surface area contributed by atoms with Crippen molar-refractivity contribution in [3.63, 3.8) is 0 Å². The zero-order valence-electron chi connectivity index (χ0n) is 17.5. The Labute approximate surface area is 187 Å². The fourth-order valence-electron chi connectivity index (χ4n) is 3.76. The van der Waals surface area contributed by atoms with Gasteiger partial charge in [-0.05, 0) is 30.5 Å². The first-order chi connectivity index (χ1) is 14.9. The molecule has 1 aliphatic rings. The summed E-state index contributed by atoms with van der Waals surface area (Å²) >= 11 is 1.36. The van der Waals surface area contributed by atoms with Crippen molar-refractivity contribution in [3.8, 4) is 16.9 Å². The van der Waals surface area contributed by atoms with Crippen LogP contribution in [0.1, 0.15) is 25.7 Å². The van der Waals surface area contributed by atoms with Gasteiger partial charge in [0.1, 0.15) is 10.8 Å². The molecule has 4 rings (SSSR count). The van der Waals surface area contributed by atoms with Crippen molar-refractivity contribution >= 4 is 27.3 Å². The number of ether oxygens (including phenoxy) is 1. The predicted molar refractivity (Wildman–Crippen MR) is 124 cm³/mol. The number of nitrogens with one attached hydrogen (secondary N) is 1. The Morgan fingerprint density at radius 3 is 2.52 bits per heavy atom. The first kappa shape index (κ1) is 21.6. The minimum atomic E-state index is -3.42. The van der Waals surface area contributed by atoms with Crippen molar-refractivity contribution in [3.05, 3.63) is 54.9 Å². The summed E-state index contributed by atoms with van der Waals surface area (Å²) in [5.74, 6) is 0.753. The van der Waals surface area contributed by atoms with Crippen molar-refractivity contribution in [2.24, 2.45) is 0 Å². The highest BCUT2D eigenvalue weighted by molar-refractivity contribution is 7.99. The van der Waals surface area contributed by atoms with Crippen LogP contribution in [0.4, 0.5) is 5.69 Å². The standard InChI is InChI=1S/C23H25N3O3S2/c1-29-20-13-18(30-21-14-24-15-22(26-21)31(2,27)28)12-19(16-8-4-3-5-9-16)23(20)25-17-10-6-7-11-17/h3-5,8-9,12-15,17,25H,6-7,10-11H2,1-2H3. The Kier molecular flexibility index (Phi) is 6.48. The molecule has 8 heteroatoms. The Morgan fingerprint density at radius 1 is 1.10 bits per heavy atom. The van der Waals surface area contributed by atoms with E-state index in [4.69, 9.17) is 4.74 Å². The summed E-state index contributed by atoms with van der Waals surface area (Å²) in [5.41, 5.74) is 3.11. The van der Waals surface area contributed by atoms with Gasteiger partial charge in [0.05, 0.1) is 25.2 Å². The van der Waals surface area contributed by atoms with Crippen molar-refractivity contribution in [2.45, 2.75) is 46.7 Å². The molecule has 0 radical (unpaired) electrons. The molecule has 0 bridgehead atoms. The first-order valence-electron chi connectivity index (χ1n) is 10.2. The van der Waals surface area contributed by atoms with Gasteiger partial charge >= 0.3 is 0 Å². The van der Waals surface area contributed by atoms with E-state index in [2.05, 4.69) is 33.5 Å². The number of benzene rings is 2. The van der Waals surface area contributed by atoms with Crippen molar-refractivity contribution in [2.75, 3.05) is 18.7 Å². The highest BCUT2D eigenvalue weighted by atomic mass is 32.2. The van der Waals surface area contributed by atoms with Gasteiger partial charge in [0.25, 0.3) is 0 Å². The molecule has 2 aromatic carbocycles. The second-order valence-corrected chi connectivity index (χ2v) is 10.7. The number of hydrogen-bond acceptors (Lipinski definition) is 7. The fourth-order valence-corrected chi connectivity index (χ4v) is 5.17. The van der Waals surface area contributed by atoms with E-state index in [1.807, 2.05) is 24.3 Å². The van der Waals surface area contributed by atoms with Gasteiger partial charge in [0, 0.05) is 22.8 Å². The second-order valence-electron chi connectivity index (χ2n) is 7.61. The van der Waals surface area contributed by atoms with Gasteiger partial charge in [-0.1, -0.05) is 54.9 Å². The summed E-state index contributed by atoms with van der Waals surface area (Å²) in [6, 6.07) is 14.7. The number of hydrogen-bond donors (Lipinski definition) is 1. The van der Waals surface area contributed by atoms with Crippen LogP contribution in [-0.2, 0) is 9.84 Å². The largest absolute Gasteiger partial charge is 0.495 e. The predicted octanol–water partition coefficient (Wildman–Crippen LogP) is 5.06. The summed E-state index contributed by atoms with van der Waals surface area (Å²) in [6.07, 6.45) is 8.76. The maximum atomic E-state index is 11.8. The molecule has 1 aromatic heterocycles. The molecule has 6 nitrogen and oxygen atoms in total. The van der Waals surface area contributed by atoms with Crippen LogP contribution in [-0.4, -0.2) is 37.8 Å². The Hall–Kier alpha value is -2.58. The lowest BCUT2D eigenvalue weighted by atomic mass is 10.0. The van der Waals surface area contributed by atoms with Gasteiger partial charge in [0.2, 0.25) is 0 Å². The fraction of sp³-hybridized carbons (Fsp3) is 0.304. The SMILES string of the molecule is COc1cc(Sc2cncc(S(C)(=O)=O)n2)cc(-c2ccccc2)c1NC1CCCC1. The third-order valence-corrected chi connectivity index (χ3v) is 7.11. The molecule has 1 aliphatic carbocycles. The van der Waals surface area contributed by atoms with E-state index in [9.17, 15) is 8.42 Å². The quantitative estimate of drug-likeness (QED) is 0.533. The molecular weight excluding hydrogens is 430 g/mol. The molecule has 1 heterocycles. The van der Waals surface area contributed by atoms with Crippen LogP contribution in [0.25, 0.3) is 11.1 Å². The highest BCUT2D eigenvalue weighted by Gasteiger charge is 2.21. The molecule has 162 valence electrons. The normalized spacial score (nSPS) is 14.5. The number of nitrogens with zero attached hydrogens (tertiary/aromatic N) is 2. The summed E-state index contributed by atoms with van der Waals surface area (Å²) in [7, 11) is -1.75. The summed E-state index contributed by atoms with van der Waals surface area (Å²) in [6.45, 7) is 0.